The van der Waals surface area contributed by atoms with E-state index >= 15 is 0 Å². The standard InChI is InChI=1S/C22H30N2O4/c1-16(22(25)23-15-18-6-9-19(26-3)10-7-18)24(2)13-12-17-8-11-20(27-4)21(14-17)28-5/h6-11,14,16H,12-13,15H2,1-5H3,(H,23,25)/t16-/m0/s1. The highest BCUT2D eigenvalue weighted by Crippen LogP contribution is 2.27. The van der Waals surface area contributed by atoms with Crippen molar-refractivity contribution in [3.63, 3.8) is 0 Å². The van der Waals surface area contributed by atoms with Crippen molar-refractivity contribution in [1.82, 2.24) is 10.2 Å². The van der Waals surface area contributed by atoms with Crippen molar-refractivity contribution in [2.75, 3.05) is 34.9 Å². The highest BCUT2D eigenvalue weighted by Gasteiger charge is 2.17. The summed E-state index contributed by atoms with van der Waals surface area (Å²) in [5, 5.41) is 2.99. The Bertz CT molecular complexity index is 762. The molecule has 0 bridgehead atoms. The minimum Gasteiger partial charge on any atom is -0.497 e. The van der Waals surface area contributed by atoms with Crippen LogP contribution in [0.3, 0.4) is 0 Å². The number of nitrogens with zero attached hydrogens (tertiary/aromatic N) is 1. The van der Waals surface area contributed by atoms with Crippen molar-refractivity contribution in [1.29, 1.82) is 0 Å². The van der Waals surface area contributed by atoms with Crippen molar-refractivity contribution in [2.24, 2.45) is 0 Å². The molecule has 0 aliphatic rings. The maximum atomic E-state index is 12.5. The fourth-order valence-corrected chi connectivity index (χ4v) is 2.82. The molecule has 28 heavy (non-hydrogen) atoms. The van der Waals surface area contributed by atoms with Gasteiger partial charge < -0.3 is 19.5 Å². The van der Waals surface area contributed by atoms with E-state index in [-0.39, 0.29) is 11.9 Å². The quantitative estimate of drug-likeness (QED) is 0.680. The van der Waals surface area contributed by atoms with E-state index < -0.39 is 0 Å². The average Bonchev–Trinajstić information content (AvgIpc) is 2.75. The molecule has 0 spiro atoms. The van der Waals surface area contributed by atoms with E-state index in [4.69, 9.17) is 14.2 Å². The lowest BCUT2D eigenvalue weighted by Gasteiger charge is -2.24. The average molecular weight is 386 g/mol. The summed E-state index contributed by atoms with van der Waals surface area (Å²) in [6, 6.07) is 13.3. The zero-order valence-corrected chi connectivity index (χ0v) is 17.3. The normalized spacial score (nSPS) is 11.8. The number of likely N-dealkylation sites (N-methyl/N-ethyl adjacent to an activating group) is 1. The van der Waals surface area contributed by atoms with Gasteiger partial charge in [-0.3, -0.25) is 9.69 Å². The summed E-state index contributed by atoms with van der Waals surface area (Å²) < 4.78 is 15.8. The second kappa shape index (κ2) is 10.6. The van der Waals surface area contributed by atoms with Gasteiger partial charge in [0.25, 0.3) is 0 Å². The summed E-state index contributed by atoms with van der Waals surface area (Å²) in [4.78, 5) is 14.5. The molecule has 0 aliphatic carbocycles. The largest absolute Gasteiger partial charge is 0.497 e. The number of nitrogens with one attached hydrogen (secondary N) is 1. The first-order valence-corrected chi connectivity index (χ1v) is 9.30. The van der Waals surface area contributed by atoms with Gasteiger partial charge in [-0.2, -0.15) is 0 Å². The minimum atomic E-state index is -0.224. The van der Waals surface area contributed by atoms with E-state index in [1.165, 1.54) is 0 Å². The molecule has 0 aliphatic heterocycles. The maximum Gasteiger partial charge on any atom is 0.237 e. The van der Waals surface area contributed by atoms with Crippen LogP contribution in [0.25, 0.3) is 0 Å². The molecule has 0 radical (unpaired) electrons. The van der Waals surface area contributed by atoms with E-state index in [1.807, 2.05) is 61.3 Å². The summed E-state index contributed by atoms with van der Waals surface area (Å²) >= 11 is 0. The van der Waals surface area contributed by atoms with Gasteiger partial charge in [-0.15, -0.1) is 0 Å². The van der Waals surface area contributed by atoms with E-state index in [1.54, 1.807) is 21.3 Å². The lowest BCUT2D eigenvalue weighted by Crippen LogP contribution is -2.43. The molecule has 1 atom stereocenters. The summed E-state index contributed by atoms with van der Waals surface area (Å²) in [7, 11) is 6.84. The maximum absolute atomic E-state index is 12.5. The molecule has 2 rings (SSSR count). The highest BCUT2D eigenvalue weighted by atomic mass is 16.5. The third kappa shape index (κ3) is 5.89. The molecular weight excluding hydrogens is 356 g/mol. The van der Waals surface area contributed by atoms with Crippen LogP contribution in [0.1, 0.15) is 18.1 Å². The molecule has 0 saturated carbocycles. The van der Waals surface area contributed by atoms with Gasteiger partial charge in [0.15, 0.2) is 11.5 Å². The number of carbonyl (C=O) groups is 1. The van der Waals surface area contributed by atoms with E-state index in [0.29, 0.717) is 18.0 Å². The van der Waals surface area contributed by atoms with Gasteiger partial charge in [0.05, 0.1) is 27.4 Å². The summed E-state index contributed by atoms with van der Waals surface area (Å²) in [6.45, 7) is 3.17. The topological polar surface area (TPSA) is 60.0 Å². The Morgan fingerprint density at radius 3 is 2.21 bits per heavy atom. The second-order valence-electron chi connectivity index (χ2n) is 6.66. The van der Waals surface area contributed by atoms with Gasteiger partial charge in [0.2, 0.25) is 5.91 Å². The third-order valence-electron chi connectivity index (χ3n) is 4.87. The number of amides is 1. The fourth-order valence-electron chi connectivity index (χ4n) is 2.82. The molecule has 2 aromatic rings. The zero-order valence-electron chi connectivity index (χ0n) is 17.3. The summed E-state index contributed by atoms with van der Waals surface area (Å²) in [5.41, 5.74) is 2.17. The Labute approximate surface area is 167 Å². The molecule has 1 N–H and O–H groups in total. The summed E-state index contributed by atoms with van der Waals surface area (Å²) in [6.07, 6.45) is 0.812. The first-order chi connectivity index (χ1) is 13.5. The molecule has 0 fully saturated rings. The van der Waals surface area contributed by atoms with Crippen molar-refractivity contribution in [2.45, 2.75) is 25.9 Å². The van der Waals surface area contributed by atoms with Gasteiger partial charge in [0, 0.05) is 13.1 Å². The van der Waals surface area contributed by atoms with Crippen molar-refractivity contribution < 1.29 is 19.0 Å². The molecule has 6 nitrogen and oxygen atoms in total. The van der Waals surface area contributed by atoms with Crippen LogP contribution in [0.4, 0.5) is 0 Å². The van der Waals surface area contributed by atoms with Crippen LogP contribution in [0.5, 0.6) is 17.2 Å². The number of benzene rings is 2. The SMILES string of the molecule is COc1ccc(CNC(=O)[C@H](C)N(C)CCc2ccc(OC)c(OC)c2)cc1. The highest BCUT2D eigenvalue weighted by molar-refractivity contribution is 5.81. The number of methoxy groups -OCH3 is 3. The molecule has 1 amide bonds. The molecule has 0 heterocycles. The molecule has 0 unspecified atom stereocenters. The van der Waals surface area contributed by atoms with Gasteiger partial charge in [-0.05, 0) is 55.8 Å². The van der Waals surface area contributed by atoms with E-state index in [0.717, 1.165) is 29.8 Å². The Kier molecular flexibility index (Phi) is 8.14. The monoisotopic (exact) mass is 386 g/mol. The van der Waals surface area contributed by atoms with Crippen molar-refractivity contribution in [3.05, 3.63) is 53.6 Å². The Morgan fingerprint density at radius 2 is 1.61 bits per heavy atom. The number of ether oxygens (including phenoxy) is 3. The second-order valence-corrected chi connectivity index (χ2v) is 6.66. The molecule has 6 heteroatoms. The molecule has 0 saturated heterocycles. The number of carbonyl (C=O) groups excluding carboxylic acids is 1. The number of hydrogen-bond donors (Lipinski definition) is 1. The van der Waals surface area contributed by atoms with Gasteiger partial charge in [-0.25, -0.2) is 0 Å². The molecule has 152 valence electrons. The smallest absolute Gasteiger partial charge is 0.237 e. The van der Waals surface area contributed by atoms with Crippen LogP contribution in [-0.2, 0) is 17.8 Å². The minimum absolute atomic E-state index is 0.00521. The Hall–Kier alpha value is -2.73. The van der Waals surface area contributed by atoms with E-state index in [9.17, 15) is 4.79 Å². The van der Waals surface area contributed by atoms with Crippen molar-refractivity contribution in [3.8, 4) is 17.2 Å². The lowest BCUT2D eigenvalue weighted by molar-refractivity contribution is -0.125. The zero-order chi connectivity index (χ0) is 20.5. The predicted octanol–water partition coefficient (Wildman–Crippen LogP) is 2.89. The number of hydrogen-bond acceptors (Lipinski definition) is 5. The van der Waals surface area contributed by atoms with Crippen LogP contribution >= 0.6 is 0 Å². The Morgan fingerprint density at radius 1 is 0.964 bits per heavy atom. The van der Waals surface area contributed by atoms with Crippen LogP contribution in [0.15, 0.2) is 42.5 Å². The molecule has 2 aromatic carbocycles. The van der Waals surface area contributed by atoms with Crippen LogP contribution in [0.2, 0.25) is 0 Å². The Balaban J connectivity index is 1.83. The molecular formula is C22H30N2O4. The summed E-state index contributed by atoms with van der Waals surface area (Å²) in [5.74, 6) is 2.24. The third-order valence-corrected chi connectivity index (χ3v) is 4.87. The van der Waals surface area contributed by atoms with Crippen LogP contribution in [-0.4, -0.2) is 51.8 Å². The van der Waals surface area contributed by atoms with Gasteiger partial charge in [-0.1, -0.05) is 18.2 Å². The van der Waals surface area contributed by atoms with Crippen LogP contribution in [0, 0.1) is 0 Å². The van der Waals surface area contributed by atoms with Gasteiger partial charge >= 0.3 is 0 Å². The first-order valence-electron chi connectivity index (χ1n) is 9.30. The van der Waals surface area contributed by atoms with Gasteiger partial charge in [0.1, 0.15) is 5.75 Å². The first kappa shape index (κ1) is 21.6. The predicted molar refractivity (Wildman–Crippen MR) is 110 cm³/mol. The van der Waals surface area contributed by atoms with Crippen molar-refractivity contribution >= 4 is 5.91 Å². The van der Waals surface area contributed by atoms with Crippen LogP contribution < -0.4 is 19.5 Å². The molecule has 0 aromatic heterocycles. The lowest BCUT2D eigenvalue weighted by atomic mass is 10.1. The fraction of sp³-hybridized carbons (Fsp3) is 0.409. The van der Waals surface area contributed by atoms with E-state index in [2.05, 4.69) is 5.32 Å². The number of rotatable bonds is 10.